The van der Waals surface area contributed by atoms with E-state index >= 15 is 0 Å². The van der Waals surface area contributed by atoms with Crippen LogP contribution in [0.1, 0.15) is 39.5 Å². The van der Waals surface area contributed by atoms with E-state index in [4.69, 9.17) is 5.73 Å². The molecule has 2 saturated heterocycles. The van der Waals surface area contributed by atoms with Crippen molar-refractivity contribution in [3.05, 3.63) is 0 Å². The molecular formula is C14H29N3. The van der Waals surface area contributed by atoms with Gasteiger partial charge in [0, 0.05) is 25.2 Å². The summed E-state index contributed by atoms with van der Waals surface area (Å²) in [5.74, 6) is 0.801. The second-order valence-corrected chi connectivity index (χ2v) is 6.20. The van der Waals surface area contributed by atoms with Crippen LogP contribution in [0.25, 0.3) is 0 Å². The minimum atomic E-state index is 0.677. The molecule has 0 radical (unpaired) electrons. The molecule has 2 aliphatic heterocycles. The zero-order valence-electron chi connectivity index (χ0n) is 11.6. The van der Waals surface area contributed by atoms with Crippen molar-refractivity contribution in [1.29, 1.82) is 0 Å². The molecule has 2 fully saturated rings. The third-order valence-corrected chi connectivity index (χ3v) is 4.34. The topological polar surface area (TPSA) is 32.5 Å². The predicted octanol–water partition coefficient (Wildman–Crippen LogP) is 1.53. The van der Waals surface area contributed by atoms with Gasteiger partial charge in [0.05, 0.1) is 0 Å². The number of nitrogens with zero attached hydrogens (tertiary/aromatic N) is 2. The van der Waals surface area contributed by atoms with Gasteiger partial charge in [0.2, 0.25) is 0 Å². The lowest BCUT2D eigenvalue weighted by atomic mass is 10.0. The summed E-state index contributed by atoms with van der Waals surface area (Å²) in [6, 6.07) is 1.49. The first-order valence-corrected chi connectivity index (χ1v) is 7.39. The maximum absolute atomic E-state index is 5.87. The SMILES string of the molecule is CC(C)CN1CCC(N2CCCC2CN)CC1. The highest BCUT2D eigenvalue weighted by atomic mass is 15.2. The fraction of sp³-hybridized carbons (Fsp3) is 1.00. The Kier molecular flexibility index (Phi) is 4.83. The minimum absolute atomic E-state index is 0.677. The Morgan fingerprint density at radius 2 is 1.82 bits per heavy atom. The zero-order valence-corrected chi connectivity index (χ0v) is 11.6. The van der Waals surface area contributed by atoms with Crippen molar-refractivity contribution in [3.63, 3.8) is 0 Å². The normalized spacial score (nSPS) is 29.3. The Morgan fingerprint density at radius 3 is 2.41 bits per heavy atom. The number of hydrogen-bond acceptors (Lipinski definition) is 3. The van der Waals surface area contributed by atoms with Crippen molar-refractivity contribution in [2.24, 2.45) is 11.7 Å². The van der Waals surface area contributed by atoms with E-state index in [0.29, 0.717) is 6.04 Å². The monoisotopic (exact) mass is 239 g/mol. The van der Waals surface area contributed by atoms with Gasteiger partial charge >= 0.3 is 0 Å². The highest BCUT2D eigenvalue weighted by molar-refractivity contribution is 4.88. The molecule has 0 aromatic carbocycles. The van der Waals surface area contributed by atoms with Gasteiger partial charge in [0.1, 0.15) is 0 Å². The molecule has 2 N–H and O–H groups in total. The van der Waals surface area contributed by atoms with Crippen molar-refractivity contribution in [2.45, 2.75) is 51.6 Å². The van der Waals surface area contributed by atoms with Gasteiger partial charge in [-0.05, 0) is 51.2 Å². The van der Waals surface area contributed by atoms with Gasteiger partial charge in [-0.3, -0.25) is 4.90 Å². The molecule has 2 rings (SSSR count). The van der Waals surface area contributed by atoms with Gasteiger partial charge in [0.15, 0.2) is 0 Å². The van der Waals surface area contributed by atoms with Crippen molar-refractivity contribution in [2.75, 3.05) is 32.7 Å². The summed E-state index contributed by atoms with van der Waals surface area (Å²) in [4.78, 5) is 5.33. The summed E-state index contributed by atoms with van der Waals surface area (Å²) in [5, 5.41) is 0. The molecule has 100 valence electrons. The first-order valence-electron chi connectivity index (χ1n) is 7.39. The number of likely N-dealkylation sites (tertiary alicyclic amines) is 2. The number of nitrogens with two attached hydrogens (primary N) is 1. The average molecular weight is 239 g/mol. The fourth-order valence-corrected chi connectivity index (χ4v) is 3.54. The second kappa shape index (κ2) is 6.17. The maximum atomic E-state index is 5.87. The Morgan fingerprint density at radius 1 is 1.12 bits per heavy atom. The lowest BCUT2D eigenvalue weighted by Gasteiger charge is -2.39. The summed E-state index contributed by atoms with van der Waals surface area (Å²) < 4.78 is 0. The Hall–Kier alpha value is -0.120. The van der Waals surface area contributed by atoms with Gasteiger partial charge < -0.3 is 10.6 Å². The highest BCUT2D eigenvalue weighted by Crippen LogP contribution is 2.25. The van der Waals surface area contributed by atoms with E-state index in [1.807, 2.05) is 0 Å². The van der Waals surface area contributed by atoms with E-state index in [1.54, 1.807) is 0 Å². The standard InChI is InChI=1S/C14H29N3/c1-12(2)11-16-8-5-13(6-9-16)17-7-3-4-14(17)10-15/h12-14H,3-11,15H2,1-2H3. The number of piperidine rings is 1. The number of hydrogen-bond donors (Lipinski definition) is 1. The van der Waals surface area contributed by atoms with Crippen LogP contribution in [0.5, 0.6) is 0 Å². The van der Waals surface area contributed by atoms with Crippen LogP contribution in [0.3, 0.4) is 0 Å². The third-order valence-electron chi connectivity index (χ3n) is 4.34. The molecule has 0 aliphatic carbocycles. The molecule has 3 heteroatoms. The third kappa shape index (κ3) is 3.43. The van der Waals surface area contributed by atoms with Crippen molar-refractivity contribution >= 4 is 0 Å². The molecule has 0 amide bonds. The van der Waals surface area contributed by atoms with Crippen LogP contribution in [-0.2, 0) is 0 Å². The largest absolute Gasteiger partial charge is 0.329 e. The van der Waals surface area contributed by atoms with E-state index < -0.39 is 0 Å². The molecule has 0 aromatic rings. The molecule has 0 bridgehead atoms. The van der Waals surface area contributed by atoms with Crippen LogP contribution in [0.2, 0.25) is 0 Å². The predicted molar refractivity (Wildman–Crippen MR) is 73.1 cm³/mol. The van der Waals surface area contributed by atoms with Crippen LogP contribution < -0.4 is 5.73 Å². The molecule has 1 atom stereocenters. The van der Waals surface area contributed by atoms with Crippen LogP contribution in [0, 0.1) is 5.92 Å². The van der Waals surface area contributed by atoms with Gasteiger partial charge in [0.25, 0.3) is 0 Å². The molecule has 3 nitrogen and oxygen atoms in total. The first kappa shape index (κ1) is 13.3. The quantitative estimate of drug-likeness (QED) is 0.807. The van der Waals surface area contributed by atoms with Crippen molar-refractivity contribution < 1.29 is 0 Å². The molecule has 2 heterocycles. The first-order chi connectivity index (χ1) is 8.20. The highest BCUT2D eigenvalue weighted by Gasteiger charge is 2.31. The van der Waals surface area contributed by atoms with E-state index in [0.717, 1.165) is 18.5 Å². The van der Waals surface area contributed by atoms with Gasteiger partial charge in [-0.25, -0.2) is 0 Å². The molecule has 0 spiro atoms. The van der Waals surface area contributed by atoms with Crippen LogP contribution in [0.15, 0.2) is 0 Å². The fourth-order valence-electron chi connectivity index (χ4n) is 3.54. The molecule has 2 aliphatic rings. The smallest absolute Gasteiger partial charge is 0.0221 e. The van der Waals surface area contributed by atoms with E-state index in [-0.39, 0.29) is 0 Å². The van der Waals surface area contributed by atoms with E-state index in [9.17, 15) is 0 Å². The van der Waals surface area contributed by atoms with Crippen LogP contribution in [0.4, 0.5) is 0 Å². The Balaban J connectivity index is 1.78. The maximum Gasteiger partial charge on any atom is 0.0221 e. The minimum Gasteiger partial charge on any atom is -0.329 e. The zero-order chi connectivity index (χ0) is 12.3. The Labute approximate surface area is 106 Å². The van der Waals surface area contributed by atoms with Crippen molar-refractivity contribution in [1.82, 2.24) is 9.80 Å². The van der Waals surface area contributed by atoms with E-state index in [1.165, 1.54) is 51.9 Å². The number of rotatable bonds is 4. The van der Waals surface area contributed by atoms with Gasteiger partial charge in [-0.1, -0.05) is 13.8 Å². The van der Waals surface area contributed by atoms with Crippen LogP contribution >= 0.6 is 0 Å². The Bertz CT molecular complexity index is 222. The second-order valence-electron chi connectivity index (χ2n) is 6.20. The molecular weight excluding hydrogens is 210 g/mol. The molecule has 0 saturated carbocycles. The lowest BCUT2D eigenvalue weighted by molar-refractivity contribution is 0.0951. The van der Waals surface area contributed by atoms with E-state index in [2.05, 4.69) is 23.6 Å². The molecule has 17 heavy (non-hydrogen) atoms. The lowest BCUT2D eigenvalue weighted by Crippen LogP contribution is -2.49. The summed E-state index contributed by atoms with van der Waals surface area (Å²) in [7, 11) is 0. The average Bonchev–Trinajstić information content (AvgIpc) is 2.77. The summed E-state index contributed by atoms with van der Waals surface area (Å²) >= 11 is 0. The van der Waals surface area contributed by atoms with Gasteiger partial charge in [-0.15, -0.1) is 0 Å². The summed E-state index contributed by atoms with van der Waals surface area (Å²) in [5.41, 5.74) is 5.87. The summed E-state index contributed by atoms with van der Waals surface area (Å²) in [6.45, 7) is 10.6. The van der Waals surface area contributed by atoms with Crippen LogP contribution in [-0.4, -0.2) is 54.6 Å². The molecule has 0 aromatic heterocycles. The summed E-state index contributed by atoms with van der Waals surface area (Å²) in [6.07, 6.45) is 5.38. The van der Waals surface area contributed by atoms with Crippen molar-refractivity contribution in [3.8, 4) is 0 Å². The molecule has 1 unspecified atom stereocenters. The van der Waals surface area contributed by atoms with Gasteiger partial charge in [-0.2, -0.15) is 0 Å².